The summed E-state index contributed by atoms with van der Waals surface area (Å²) in [5.41, 5.74) is 4.10. The summed E-state index contributed by atoms with van der Waals surface area (Å²) in [6, 6.07) is 7.46. The number of nitrogens with zero attached hydrogens (tertiary/aromatic N) is 2. The number of ether oxygens (including phenoxy) is 1. The lowest BCUT2D eigenvalue weighted by molar-refractivity contribution is -0.163. The smallest absolute Gasteiger partial charge is 0.310 e. The minimum Gasteiger partial charge on any atom is -0.454 e. The van der Waals surface area contributed by atoms with Crippen molar-refractivity contribution in [3.05, 3.63) is 35.5 Å². The molecule has 0 N–H and O–H groups in total. The van der Waals surface area contributed by atoms with Crippen LogP contribution in [-0.4, -0.2) is 47.0 Å². The Morgan fingerprint density at radius 2 is 2.07 bits per heavy atom. The van der Waals surface area contributed by atoms with Gasteiger partial charge in [-0.05, 0) is 70.2 Å². The fourth-order valence-electron chi connectivity index (χ4n) is 5.98. The molecule has 1 aromatic carbocycles. The quantitative estimate of drug-likeness (QED) is 0.713. The van der Waals surface area contributed by atoms with Crippen LogP contribution in [-0.2, 0) is 20.7 Å². The number of piperidine rings is 1. The number of benzene rings is 1. The molecule has 5 rings (SSSR count). The molecular formula is C25H32N2O3. The summed E-state index contributed by atoms with van der Waals surface area (Å²) in [5, 5.41) is 1.39. The molecule has 1 saturated heterocycles. The van der Waals surface area contributed by atoms with Gasteiger partial charge in [0, 0.05) is 48.1 Å². The summed E-state index contributed by atoms with van der Waals surface area (Å²) in [6.07, 6.45) is 6.77. The van der Waals surface area contributed by atoms with Gasteiger partial charge in [0.15, 0.2) is 11.9 Å². The Kier molecular flexibility index (Phi) is 4.97. The van der Waals surface area contributed by atoms with Crippen LogP contribution in [0.4, 0.5) is 0 Å². The summed E-state index contributed by atoms with van der Waals surface area (Å²) in [6.45, 7) is 5.16. The van der Waals surface area contributed by atoms with Gasteiger partial charge < -0.3 is 14.2 Å². The van der Waals surface area contributed by atoms with Gasteiger partial charge in [-0.1, -0.05) is 12.1 Å². The number of aromatic nitrogens is 1. The standard InChI is InChI=1S/C25H32N2O3/c1-15(2)27-14-16-12-21-19(18-7-6-8-20(27)24(16)18)11-17(13-26(21)3)25(29)30-23-10-5-4-9-22(23)28/h6-8,14-15,17,19,21,23H,4-5,9-13H2,1-3H3/t17-,19?,21?,23?/m1/s1. The highest BCUT2D eigenvalue weighted by molar-refractivity contribution is 5.90. The van der Waals surface area contributed by atoms with Crippen LogP contribution in [0.3, 0.4) is 0 Å². The Bertz CT molecular complexity index is 992. The predicted molar refractivity (Wildman–Crippen MR) is 117 cm³/mol. The van der Waals surface area contributed by atoms with E-state index >= 15 is 0 Å². The molecule has 0 radical (unpaired) electrons. The van der Waals surface area contributed by atoms with Crippen LogP contribution in [0, 0.1) is 5.92 Å². The molecule has 0 bridgehead atoms. The van der Waals surface area contributed by atoms with Crippen molar-refractivity contribution in [2.24, 2.45) is 5.92 Å². The third kappa shape index (κ3) is 3.18. The summed E-state index contributed by atoms with van der Waals surface area (Å²) >= 11 is 0. The number of hydrogen-bond donors (Lipinski definition) is 0. The van der Waals surface area contributed by atoms with Crippen molar-refractivity contribution in [2.75, 3.05) is 13.6 Å². The molecule has 4 atom stereocenters. The number of rotatable bonds is 3. The minimum atomic E-state index is -0.518. The molecule has 1 aromatic heterocycles. The molecule has 2 aliphatic carbocycles. The monoisotopic (exact) mass is 408 g/mol. The minimum absolute atomic E-state index is 0.0961. The molecule has 1 saturated carbocycles. The molecule has 160 valence electrons. The molecule has 2 aromatic rings. The van der Waals surface area contributed by atoms with Gasteiger partial charge in [0.1, 0.15) is 0 Å². The molecule has 30 heavy (non-hydrogen) atoms. The molecule has 2 fully saturated rings. The van der Waals surface area contributed by atoms with E-state index < -0.39 is 6.10 Å². The summed E-state index contributed by atoms with van der Waals surface area (Å²) in [7, 11) is 2.13. The van der Waals surface area contributed by atoms with Crippen molar-refractivity contribution in [1.82, 2.24) is 9.47 Å². The number of carbonyl (C=O) groups is 2. The summed E-state index contributed by atoms with van der Waals surface area (Å²) in [4.78, 5) is 27.5. The third-order valence-corrected chi connectivity index (χ3v) is 7.52. The molecule has 2 heterocycles. The van der Waals surface area contributed by atoms with Crippen LogP contribution in [0.15, 0.2) is 24.4 Å². The number of carbonyl (C=O) groups excluding carboxylic acids is 2. The second kappa shape index (κ2) is 7.52. The maximum absolute atomic E-state index is 13.0. The molecular weight excluding hydrogens is 376 g/mol. The van der Waals surface area contributed by atoms with Crippen molar-refractivity contribution in [3.8, 4) is 0 Å². The molecule has 0 spiro atoms. The van der Waals surface area contributed by atoms with Crippen molar-refractivity contribution in [3.63, 3.8) is 0 Å². The first kappa shape index (κ1) is 19.8. The number of hydrogen-bond acceptors (Lipinski definition) is 4. The average Bonchev–Trinajstić information content (AvgIpc) is 3.10. The molecule has 3 aliphatic rings. The number of fused-ring (bicyclic) bond motifs is 2. The SMILES string of the molecule is CC(C)n1cc2c3c(cccc31)C1C[C@@H](C(=O)OC3CCCCC3=O)CN(C)C1C2. The fourth-order valence-corrected chi connectivity index (χ4v) is 5.98. The zero-order valence-corrected chi connectivity index (χ0v) is 18.3. The van der Waals surface area contributed by atoms with Gasteiger partial charge in [-0.3, -0.25) is 9.59 Å². The third-order valence-electron chi connectivity index (χ3n) is 7.52. The van der Waals surface area contributed by atoms with E-state index in [1.165, 1.54) is 22.0 Å². The van der Waals surface area contributed by atoms with E-state index in [1.54, 1.807) is 0 Å². The number of likely N-dealkylation sites (tertiary alicyclic amines) is 1. The largest absolute Gasteiger partial charge is 0.454 e. The lowest BCUT2D eigenvalue weighted by Crippen LogP contribution is -2.50. The number of Topliss-reactive ketones (excluding diaryl/α,β-unsaturated/α-hetero) is 1. The first-order valence-corrected chi connectivity index (χ1v) is 11.5. The Labute approximate surface area is 178 Å². The second-order valence-electron chi connectivity index (χ2n) is 9.78. The van der Waals surface area contributed by atoms with Gasteiger partial charge in [-0.2, -0.15) is 0 Å². The van der Waals surface area contributed by atoms with Gasteiger partial charge in [0.25, 0.3) is 0 Å². The predicted octanol–water partition coefficient (Wildman–Crippen LogP) is 4.24. The molecule has 5 nitrogen and oxygen atoms in total. The molecule has 1 aliphatic heterocycles. The van der Waals surface area contributed by atoms with Crippen molar-refractivity contribution >= 4 is 22.7 Å². The van der Waals surface area contributed by atoms with Crippen LogP contribution >= 0.6 is 0 Å². The molecule has 3 unspecified atom stereocenters. The van der Waals surface area contributed by atoms with Gasteiger partial charge in [0.05, 0.1) is 5.92 Å². The normalized spacial score (nSPS) is 29.3. The van der Waals surface area contributed by atoms with E-state index in [-0.39, 0.29) is 17.7 Å². The van der Waals surface area contributed by atoms with Crippen molar-refractivity contribution < 1.29 is 14.3 Å². The van der Waals surface area contributed by atoms with Gasteiger partial charge in [-0.15, -0.1) is 0 Å². The first-order valence-electron chi connectivity index (χ1n) is 11.5. The number of likely N-dealkylation sites (N-methyl/N-ethyl adjacent to an activating group) is 1. The Hall–Kier alpha value is -2.14. The van der Waals surface area contributed by atoms with E-state index in [2.05, 4.69) is 54.8 Å². The molecule has 5 heteroatoms. The fraction of sp³-hybridized carbons (Fsp3) is 0.600. The lowest BCUT2D eigenvalue weighted by Gasteiger charge is -2.45. The zero-order valence-electron chi connectivity index (χ0n) is 18.3. The van der Waals surface area contributed by atoms with Crippen LogP contribution in [0.2, 0.25) is 0 Å². The maximum atomic E-state index is 13.0. The zero-order chi connectivity index (χ0) is 21.0. The van der Waals surface area contributed by atoms with Gasteiger partial charge >= 0.3 is 5.97 Å². The number of esters is 1. The highest BCUT2D eigenvalue weighted by Gasteiger charge is 2.43. The highest BCUT2D eigenvalue weighted by atomic mass is 16.5. The van der Waals surface area contributed by atoms with Crippen molar-refractivity contribution in [1.29, 1.82) is 0 Å². The lowest BCUT2D eigenvalue weighted by atomic mass is 9.72. The van der Waals surface area contributed by atoms with Crippen LogP contribution in [0.25, 0.3) is 10.9 Å². The van der Waals surface area contributed by atoms with E-state index in [9.17, 15) is 9.59 Å². The van der Waals surface area contributed by atoms with Gasteiger partial charge in [-0.25, -0.2) is 0 Å². The maximum Gasteiger partial charge on any atom is 0.310 e. The van der Waals surface area contributed by atoms with Crippen LogP contribution in [0.1, 0.15) is 69.0 Å². The highest BCUT2D eigenvalue weighted by Crippen LogP contribution is 2.45. The Morgan fingerprint density at radius 1 is 1.23 bits per heavy atom. The topological polar surface area (TPSA) is 51.5 Å². The Morgan fingerprint density at radius 3 is 2.83 bits per heavy atom. The Balaban J connectivity index is 1.43. The number of ketones is 1. The summed E-state index contributed by atoms with van der Waals surface area (Å²) < 4.78 is 8.11. The van der Waals surface area contributed by atoms with E-state index in [0.717, 1.165) is 25.7 Å². The van der Waals surface area contributed by atoms with Crippen molar-refractivity contribution in [2.45, 2.75) is 76.5 Å². The second-order valence-corrected chi connectivity index (χ2v) is 9.78. The van der Waals surface area contributed by atoms with Gasteiger partial charge in [0.2, 0.25) is 0 Å². The van der Waals surface area contributed by atoms with Crippen LogP contribution in [0.5, 0.6) is 0 Å². The molecule has 0 amide bonds. The van der Waals surface area contributed by atoms with E-state index in [0.29, 0.717) is 37.4 Å². The van der Waals surface area contributed by atoms with E-state index in [1.807, 2.05) is 0 Å². The van der Waals surface area contributed by atoms with Crippen LogP contribution < -0.4 is 0 Å². The first-order chi connectivity index (χ1) is 14.4. The summed E-state index contributed by atoms with van der Waals surface area (Å²) in [5.74, 6) is 0.0644. The van der Waals surface area contributed by atoms with E-state index in [4.69, 9.17) is 4.74 Å². The average molecular weight is 409 g/mol.